The van der Waals surface area contributed by atoms with E-state index in [1.807, 2.05) is 20.8 Å². The van der Waals surface area contributed by atoms with Gasteiger partial charge in [0.1, 0.15) is 6.04 Å². The molecule has 0 radical (unpaired) electrons. The van der Waals surface area contributed by atoms with Crippen LogP contribution in [0.2, 0.25) is 0 Å². The minimum Gasteiger partial charge on any atom is -0.469 e. The zero-order chi connectivity index (χ0) is 17.5. The summed E-state index contributed by atoms with van der Waals surface area (Å²) >= 11 is 0. The van der Waals surface area contributed by atoms with E-state index < -0.39 is 29.6 Å². The van der Waals surface area contributed by atoms with Crippen molar-refractivity contribution in [2.75, 3.05) is 14.2 Å². The molecule has 22 heavy (non-hydrogen) atoms. The van der Waals surface area contributed by atoms with Crippen LogP contribution in [0.15, 0.2) is 0 Å². The van der Waals surface area contributed by atoms with E-state index >= 15 is 0 Å². The van der Waals surface area contributed by atoms with Gasteiger partial charge in [0, 0.05) is 5.54 Å². The number of carbonyl (C=O) groups excluding carboxylic acids is 3. The van der Waals surface area contributed by atoms with Gasteiger partial charge in [-0.05, 0) is 33.6 Å². The quantitative estimate of drug-likeness (QED) is 0.669. The molecule has 128 valence electrons. The number of amides is 1. The Hall–Kier alpha value is -1.63. The average molecular weight is 316 g/mol. The fourth-order valence-corrected chi connectivity index (χ4v) is 1.92. The number of nitrogens with one attached hydrogen (secondary N) is 2. The first-order valence-electron chi connectivity index (χ1n) is 7.24. The molecular formula is C15H28N2O5. The Morgan fingerprint density at radius 3 is 2.00 bits per heavy atom. The second kappa shape index (κ2) is 8.73. The van der Waals surface area contributed by atoms with Gasteiger partial charge in [-0.1, -0.05) is 6.92 Å². The fourth-order valence-electron chi connectivity index (χ4n) is 1.92. The molecule has 0 aromatic carbocycles. The second-order valence-corrected chi connectivity index (χ2v) is 6.39. The minimum atomic E-state index is -0.715. The van der Waals surface area contributed by atoms with Crippen molar-refractivity contribution in [3.63, 3.8) is 0 Å². The highest BCUT2D eigenvalue weighted by atomic mass is 16.5. The average Bonchev–Trinajstić information content (AvgIpc) is 2.40. The SMILES string of the molecule is COC(=O)CC(C)C(NC(C)C(=O)OC)C(=O)NC(C)(C)C. The van der Waals surface area contributed by atoms with E-state index in [-0.39, 0.29) is 18.2 Å². The van der Waals surface area contributed by atoms with Gasteiger partial charge in [-0.25, -0.2) is 0 Å². The molecule has 7 heteroatoms. The molecule has 0 saturated carbocycles. The Morgan fingerprint density at radius 2 is 1.59 bits per heavy atom. The van der Waals surface area contributed by atoms with Crippen molar-refractivity contribution >= 4 is 17.8 Å². The van der Waals surface area contributed by atoms with Crippen molar-refractivity contribution in [1.29, 1.82) is 0 Å². The number of carbonyl (C=O) groups is 3. The van der Waals surface area contributed by atoms with Crippen LogP contribution in [0, 0.1) is 5.92 Å². The molecule has 0 bridgehead atoms. The standard InChI is InChI=1S/C15H28N2O5/c1-9(8-11(18)21-6)12(13(19)17-15(3,4)5)16-10(2)14(20)22-7/h9-10,12,16H,8H2,1-7H3,(H,17,19). The summed E-state index contributed by atoms with van der Waals surface area (Å²) in [5.41, 5.74) is -0.420. The molecule has 2 N–H and O–H groups in total. The highest BCUT2D eigenvalue weighted by molar-refractivity contribution is 5.85. The van der Waals surface area contributed by atoms with Crippen LogP contribution in [0.3, 0.4) is 0 Å². The Balaban J connectivity index is 5.08. The first-order valence-corrected chi connectivity index (χ1v) is 7.24. The van der Waals surface area contributed by atoms with Crippen LogP contribution < -0.4 is 10.6 Å². The maximum Gasteiger partial charge on any atom is 0.322 e. The van der Waals surface area contributed by atoms with E-state index in [1.165, 1.54) is 14.2 Å². The summed E-state index contributed by atoms with van der Waals surface area (Å²) in [4.78, 5) is 35.4. The number of rotatable bonds is 7. The van der Waals surface area contributed by atoms with Gasteiger partial charge in [0.25, 0.3) is 0 Å². The summed E-state index contributed by atoms with van der Waals surface area (Å²) in [6, 6.07) is -1.38. The molecule has 0 spiro atoms. The van der Waals surface area contributed by atoms with Crippen LogP contribution in [0.1, 0.15) is 41.0 Å². The summed E-state index contributed by atoms with van der Waals surface area (Å²) in [7, 11) is 2.58. The van der Waals surface area contributed by atoms with Crippen molar-refractivity contribution in [2.45, 2.75) is 58.7 Å². The zero-order valence-corrected chi connectivity index (χ0v) is 14.5. The lowest BCUT2D eigenvalue weighted by Crippen LogP contribution is -2.56. The fraction of sp³-hybridized carbons (Fsp3) is 0.800. The van der Waals surface area contributed by atoms with Gasteiger partial charge in [-0.15, -0.1) is 0 Å². The zero-order valence-electron chi connectivity index (χ0n) is 14.5. The van der Waals surface area contributed by atoms with Gasteiger partial charge in [-0.3, -0.25) is 19.7 Å². The largest absolute Gasteiger partial charge is 0.469 e. The lowest BCUT2D eigenvalue weighted by Gasteiger charge is -2.30. The summed E-state index contributed by atoms with van der Waals surface area (Å²) < 4.78 is 9.29. The van der Waals surface area contributed by atoms with Gasteiger partial charge in [0.05, 0.1) is 26.7 Å². The van der Waals surface area contributed by atoms with Crippen molar-refractivity contribution in [3.05, 3.63) is 0 Å². The molecule has 3 unspecified atom stereocenters. The molecule has 0 saturated heterocycles. The van der Waals surface area contributed by atoms with Crippen LogP contribution in [0.25, 0.3) is 0 Å². The molecule has 0 rings (SSSR count). The Bertz CT molecular complexity index is 403. The molecule has 7 nitrogen and oxygen atoms in total. The molecule has 3 atom stereocenters. The third-order valence-corrected chi connectivity index (χ3v) is 3.05. The summed E-state index contributed by atoms with van der Waals surface area (Å²) in [6.07, 6.45) is 0.0691. The predicted molar refractivity (Wildman–Crippen MR) is 82.1 cm³/mol. The van der Waals surface area contributed by atoms with Gasteiger partial charge < -0.3 is 14.8 Å². The predicted octanol–water partition coefficient (Wildman–Crippen LogP) is 0.620. The highest BCUT2D eigenvalue weighted by Crippen LogP contribution is 2.13. The van der Waals surface area contributed by atoms with Crippen molar-refractivity contribution in [2.24, 2.45) is 5.92 Å². The summed E-state index contributed by atoms with van der Waals surface area (Å²) in [5, 5.41) is 5.77. The summed E-state index contributed by atoms with van der Waals surface area (Å²) in [5.74, 6) is -1.51. The molecule has 0 aromatic heterocycles. The van der Waals surface area contributed by atoms with E-state index in [0.717, 1.165) is 0 Å². The van der Waals surface area contributed by atoms with Gasteiger partial charge in [0.2, 0.25) is 5.91 Å². The second-order valence-electron chi connectivity index (χ2n) is 6.39. The number of hydrogen-bond acceptors (Lipinski definition) is 6. The maximum atomic E-state index is 12.4. The van der Waals surface area contributed by atoms with Crippen molar-refractivity contribution < 1.29 is 23.9 Å². The van der Waals surface area contributed by atoms with E-state index in [1.54, 1.807) is 13.8 Å². The molecule has 0 aliphatic heterocycles. The van der Waals surface area contributed by atoms with Crippen LogP contribution in [-0.4, -0.2) is 49.7 Å². The van der Waals surface area contributed by atoms with Gasteiger partial charge >= 0.3 is 11.9 Å². The summed E-state index contributed by atoms with van der Waals surface area (Å²) in [6.45, 7) is 8.93. The van der Waals surface area contributed by atoms with E-state index in [2.05, 4.69) is 20.1 Å². The molecule has 0 heterocycles. The van der Waals surface area contributed by atoms with E-state index in [4.69, 9.17) is 0 Å². The van der Waals surface area contributed by atoms with E-state index in [0.29, 0.717) is 0 Å². The minimum absolute atomic E-state index is 0.0691. The van der Waals surface area contributed by atoms with Crippen LogP contribution in [-0.2, 0) is 23.9 Å². The molecular weight excluding hydrogens is 288 g/mol. The van der Waals surface area contributed by atoms with E-state index in [9.17, 15) is 14.4 Å². The lowest BCUT2D eigenvalue weighted by molar-refractivity contribution is -0.143. The Labute approximate surface area is 132 Å². The van der Waals surface area contributed by atoms with Gasteiger partial charge in [0.15, 0.2) is 0 Å². The van der Waals surface area contributed by atoms with Crippen LogP contribution in [0.4, 0.5) is 0 Å². The van der Waals surface area contributed by atoms with Crippen molar-refractivity contribution in [3.8, 4) is 0 Å². The maximum absolute atomic E-state index is 12.4. The lowest BCUT2D eigenvalue weighted by atomic mass is 9.95. The number of ether oxygens (including phenoxy) is 2. The monoisotopic (exact) mass is 316 g/mol. The normalized spacial score (nSPS) is 15.4. The number of esters is 2. The molecule has 1 amide bonds. The molecule has 0 fully saturated rings. The first kappa shape index (κ1) is 20.4. The molecule has 0 aliphatic carbocycles. The first-order chi connectivity index (χ1) is 10.0. The third kappa shape index (κ3) is 7.40. The van der Waals surface area contributed by atoms with Crippen LogP contribution in [0.5, 0.6) is 0 Å². The van der Waals surface area contributed by atoms with Crippen LogP contribution >= 0.6 is 0 Å². The Morgan fingerprint density at radius 1 is 1.05 bits per heavy atom. The topological polar surface area (TPSA) is 93.7 Å². The number of methoxy groups -OCH3 is 2. The molecule has 0 aromatic rings. The highest BCUT2D eigenvalue weighted by Gasteiger charge is 2.32. The van der Waals surface area contributed by atoms with Crippen molar-refractivity contribution in [1.82, 2.24) is 10.6 Å². The molecule has 0 aliphatic rings. The Kier molecular flexibility index (Phi) is 8.08. The van der Waals surface area contributed by atoms with Gasteiger partial charge in [-0.2, -0.15) is 0 Å². The smallest absolute Gasteiger partial charge is 0.322 e. The number of hydrogen-bond donors (Lipinski definition) is 2. The third-order valence-electron chi connectivity index (χ3n) is 3.05.